The minimum absolute atomic E-state index is 0.0238. The summed E-state index contributed by atoms with van der Waals surface area (Å²) in [5, 5.41) is 13.1. The van der Waals surface area contributed by atoms with Crippen molar-refractivity contribution < 1.29 is 14.6 Å². The van der Waals surface area contributed by atoms with Gasteiger partial charge in [-0.2, -0.15) is 5.10 Å². The topological polar surface area (TPSA) is 64.3 Å². The zero-order valence-electron chi connectivity index (χ0n) is 13.9. The van der Waals surface area contributed by atoms with Crippen molar-refractivity contribution in [2.24, 2.45) is 7.05 Å². The van der Waals surface area contributed by atoms with Gasteiger partial charge in [0.25, 0.3) is 0 Å². The molecule has 0 amide bonds. The van der Waals surface area contributed by atoms with Crippen LogP contribution in [0, 0.1) is 6.92 Å². The number of aromatic nitrogens is 2. The van der Waals surface area contributed by atoms with E-state index in [0.29, 0.717) is 6.61 Å². The van der Waals surface area contributed by atoms with Gasteiger partial charge in [0.1, 0.15) is 12.4 Å². The Hall–Kier alpha value is -2.60. The molecule has 0 bridgehead atoms. The van der Waals surface area contributed by atoms with Crippen molar-refractivity contribution in [1.82, 2.24) is 9.78 Å². The average molecular weight is 401 g/mol. The van der Waals surface area contributed by atoms with Gasteiger partial charge in [-0.3, -0.25) is 4.68 Å². The van der Waals surface area contributed by atoms with Gasteiger partial charge in [-0.15, -0.1) is 0 Å². The van der Waals surface area contributed by atoms with Crippen molar-refractivity contribution in [2.45, 2.75) is 13.5 Å². The van der Waals surface area contributed by atoms with Gasteiger partial charge < -0.3 is 9.84 Å². The number of benzene rings is 2. The molecule has 0 radical (unpaired) electrons. The third kappa shape index (κ3) is 3.74. The van der Waals surface area contributed by atoms with E-state index >= 15 is 0 Å². The Bertz CT molecular complexity index is 897. The zero-order valence-corrected chi connectivity index (χ0v) is 15.4. The van der Waals surface area contributed by atoms with E-state index in [2.05, 4.69) is 21.0 Å². The van der Waals surface area contributed by atoms with Crippen LogP contribution >= 0.6 is 15.9 Å². The predicted molar refractivity (Wildman–Crippen MR) is 98.8 cm³/mol. The van der Waals surface area contributed by atoms with Gasteiger partial charge in [0, 0.05) is 12.6 Å². The van der Waals surface area contributed by atoms with E-state index in [-0.39, 0.29) is 5.69 Å². The van der Waals surface area contributed by atoms with Gasteiger partial charge in [-0.25, -0.2) is 4.79 Å². The molecule has 0 fully saturated rings. The van der Waals surface area contributed by atoms with Gasteiger partial charge in [0.2, 0.25) is 0 Å². The van der Waals surface area contributed by atoms with Gasteiger partial charge in [0.15, 0.2) is 5.69 Å². The Morgan fingerprint density at radius 3 is 2.56 bits per heavy atom. The van der Waals surface area contributed by atoms with Crippen molar-refractivity contribution in [3.8, 4) is 17.0 Å². The molecule has 0 saturated heterocycles. The lowest BCUT2D eigenvalue weighted by atomic mass is 10.1. The quantitative estimate of drug-likeness (QED) is 0.687. The van der Waals surface area contributed by atoms with Crippen molar-refractivity contribution in [3.63, 3.8) is 0 Å². The molecule has 128 valence electrons. The van der Waals surface area contributed by atoms with Crippen LogP contribution < -0.4 is 4.74 Å². The van der Waals surface area contributed by atoms with Crippen molar-refractivity contribution in [2.75, 3.05) is 0 Å². The summed E-state index contributed by atoms with van der Waals surface area (Å²) in [5.41, 5.74) is 3.68. The number of hydrogen-bond donors (Lipinski definition) is 1. The van der Waals surface area contributed by atoms with Crippen molar-refractivity contribution >= 4 is 21.9 Å². The van der Waals surface area contributed by atoms with Crippen LogP contribution in [-0.2, 0) is 13.7 Å². The molecule has 0 saturated carbocycles. The number of carboxylic acid groups (broad SMARTS) is 1. The standard InChI is InChI=1S/C19H17BrN2O3/c1-12-8-14(17-10-16(19(23)24)21-22(17)2)9-15(20)18(12)25-11-13-6-4-3-5-7-13/h3-10H,11H2,1-2H3,(H,23,24). The van der Waals surface area contributed by atoms with Crippen LogP contribution in [0.15, 0.2) is 53.0 Å². The summed E-state index contributed by atoms with van der Waals surface area (Å²) in [7, 11) is 1.73. The maximum Gasteiger partial charge on any atom is 0.356 e. The van der Waals surface area contributed by atoms with E-state index in [9.17, 15) is 4.79 Å². The number of aryl methyl sites for hydroxylation is 2. The van der Waals surface area contributed by atoms with E-state index in [0.717, 1.165) is 32.6 Å². The van der Waals surface area contributed by atoms with E-state index in [4.69, 9.17) is 9.84 Å². The monoisotopic (exact) mass is 400 g/mol. The molecule has 3 rings (SSSR count). The molecule has 0 aliphatic rings. The molecule has 5 nitrogen and oxygen atoms in total. The highest BCUT2D eigenvalue weighted by atomic mass is 79.9. The number of hydrogen-bond acceptors (Lipinski definition) is 3. The first kappa shape index (κ1) is 17.2. The molecule has 0 unspecified atom stereocenters. The van der Waals surface area contributed by atoms with Gasteiger partial charge in [0.05, 0.1) is 10.2 Å². The summed E-state index contributed by atoms with van der Waals surface area (Å²) in [5.74, 6) is -0.270. The second kappa shape index (κ2) is 7.11. The highest BCUT2D eigenvalue weighted by Crippen LogP contribution is 2.35. The molecule has 6 heteroatoms. The Morgan fingerprint density at radius 1 is 1.24 bits per heavy atom. The molecular formula is C19H17BrN2O3. The Kier molecular flexibility index (Phi) is 4.90. The Morgan fingerprint density at radius 2 is 1.96 bits per heavy atom. The van der Waals surface area contributed by atoms with Crippen molar-refractivity contribution in [1.29, 1.82) is 0 Å². The number of aromatic carboxylic acids is 1. The van der Waals surface area contributed by atoms with Gasteiger partial charge in [-0.1, -0.05) is 30.3 Å². The van der Waals surface area contributed by atoms with Gasteiger partial charge in [-0.05, 0) is 52.2 Å². The van der Waals surface area contributed by atoms with E-state index in [1.165, 1.54) is 0 Å². The molecule has 0 spiro atoms. The number of carboxylic acids is 1. The van der Waals surface area contributed by atoms with Crippen molar-refractivity contribution in [3.05, 3.63) is 69.8 Å². The molecule has 1 N–H and O–H groups in total. The molecule has 0 atom stereocenters. The second-order valence-electron chi connectivity index (χ2n) is 5.72. The fourth-order valence-electron chi connectivity index (χ4n) is 2.63. The highest BCUT2D eigenvalue weighted by molar-refractivity contribution is 9.10. The van der Waals surface area contributed by atoms with Crippen LogP contribution in [-0.4, -0.2) is 20.9 Å². The van der Waals surface area contributed by atoms with Crippen LogP contribution in [0.25, 0.3) is 11.3 Å². The van der Waals surface area contributed by atoms with Crippen LogP contribution in [0.5, 0.6) is 5.75 Å². The van der Waals surface area contributed by atoms with E-state index in [1.807, 2.05) is 49.4 Å². The van der Waals surface area contributed by atoms with Crippen LogP contribution in [0.2, 0.25) is 0 Å². The molecule has 25 heavy (non-hydrogen) atoms. The number of rotatable bonds is 5. The number of carbonyl (C=O) groups is 1. The third-order valence-corrected chi connectivity index (χ3v) is 4.44. The highest BCUT2D eigenvalue weighted by Gasteiger charge is 2.15. The molecule has 1 aromatic heterocycles. The number of ether oxygens (including phenoxy) is 1. The summed E-state index contributed by atoms with van der Waals surface area (Å²) < 4.78 is 8.34. The molecule has 2 aromatic carbocycles. The maximum absolute atomic E-state index is 11.1. The molecular weight excluding hydrogens is 384 g/mol. The zero-order chi connectivity index (χ0) is 18.0. The van der Waals surface area contributed by atoms with Crippen LogP contribution in [0.4, 0.5) is 0 Å². The Balaban J connectivity index is 1.89. The van der Waals surface area contributed by atoms with E-state index < -0.39 is 5.97 Å². The predicted octanol–water partition coefficient (Wildman–Crippen LogP) is 4.44. The summed E-state index contributed by atoms with van der Waals surface area (Å²) in [6, 6.07) is 15.4. The second-order valence-corrected chi connectivity index (χ2v) is 6.58. The lowest BCUT2D eigenvalue weighted by molar-refractivity contribution is 0.0689. The summed E-state index contributed by atoms with van der Waals surface area (Å²) in [6.07, 6.45) is 0. The lowest BCUT2D eigenvalue weighted by Gasteiger charge is -2.13. The largest absolute Gasteiger partial charge is 0.487 e. The third-order valence-electron chi connectivity index (χ3n) is 3.85. The normalized spacial score (nSPS) is 10.7. The number of halogens is 1. The lowest BCUT2D eigenvalue weighted by Crippen LogP contribution is -2.00. The Labute approximate surface area is 154 Å². The first-order valence-electron chi connectivity index (χ1n) is 7.70. The van der Waals surface area contributed by atoms with Crippen LogP contribution in [0.1, 0.15) is 21.6 Å². The average Bonchev–Trinajstić information content (AvgIpc) is 2.97. The van der Waals surface area contributed by atoms with E-state index in [1.54, 1.807) is 17.8 Å². The summed E-state index contributed by atoms with van der Waals surface area (Å²) in [6.45, 7) is 2.44. The minimum atomic E-state index is -1.04. The molecule has 3 aromatic rings. The fourth-order valence-corrected chi connectivity index (χ4v) is 3.31. The maximum atomic E-state index is 11.1. The first-order chi connectivity index (χ1) is 12.0. The minimum Gasteiger partial charge on any atom is -0.487 e. The SMILES string of the molecule is Cc1cc(-c2cc(C(=O)O)nn2C)cc(Br)c1OCc1ccccc1. The van der Waals surface area contributed by atoms with Crippen LogP contribution in [0.3, 0.4) is 0 Å². The molecule has 0 aliphatic heterocycles. The fraction of sp³-hybridized carbons (Fsp3) is 0.158. The first-order valence-corrected chi connectivity index (χ1v) is 8.49. The summed E-state index contributed by atoms with van der Waals surface area (Å²) >= 11 is 3.56. The molecule has 0 aliphatic carbocycles. The summed E-state index contributed by atoms with van der Waals surface area (Å²) in [4.78, 5) is 11.1. The van der Waals surface area contributed by atoms with Gasteiger partial charge >= 0.3 is 5.97 Å². The molecule has 1 heterocycles. The number of nitrogens with zero attached hydrogens (tertiary/aromatic N) is 2. The smallest absolute Gasteiger partial charge is 0.356 e.